The predicted molar refractivity (Wildman–Crippen MR) is 62.6 cm³/mol. The Balaban J connectivity index is 2.18. The summed E-state index contributed by atoms with van der Waals surface area (Å²) >= 11 is 0. The molecule has 0 bridgehead atoms. The standard InChI is InChI=1S/C12H15FN2O2/c1-8-2-3-9(13)4-10(8)15-12(5-11(16)17)6-14-7-12/h2-4,14-15H,5-7H2,1H3,(H,16,17). The van der Waals surface area contributed by atoms with Crippen molar-refractivity contribution >= 4 is 11.7 Å². The van der Waals surface area contributed by atoms with E-state index < -0.39 is 11.5 Å². The molecule has 1 fully saturated rings. The van der Waals surface area contributed by atoms with Gasteiger partial charge in [-0.1, -0.05) is 6.07 Å². The van der Waals surface area contributed by atoms with Gasteiger partial charge in [0.1, 0.15) is 5.82 Å². The summed E-state index contributed by atoms with van der Waals surface area (Å²) in [5.41, 5.74) is 1.07. The van der Waals surface area contributed by atoms with Gasteiger partial charge in [-0.25, -0.2) is 4.39 Å². The summed E-state index contributed by atoms with van der Waals surface area (Å²) in [6.45, 7) is 3.02. The van der Waals surface area contributed by atoms with Gasteiger partial charge in [0.05, 0.1) is 12.0 Å². The lowest BCUT2D eigenvalue weighted by atomic mass is 9.88. The smallest absolute Gasteiger partial charge is 0.305 e. The van der Waals surface area contributed by atoms with Gasteiger partial charge in [0.2, 0.25) is 0 Å². The summed E-state index contributed by atoms with van der Waals surface area (Å²) in [5, 5.41) is 15.1. The summed E-state index contributed by atoms with van der Waals surface area (Å²) in [7, 11) is 0. The van der Waals surface area contributed by atoms with Gasteiger partial charge in [-0.3, -0.25) is 4.79 Å². The van der Waals surface area contributed by atoms with Crippen LogP contribution in [-0.4, -0.2) is 29.7 Å². The molecule has 92 valence electrons. The highest BCUT2D eigenvalue weighted by atomic mass is 19.1. The fraction of sp³-hybridized carbons (Fsp3) is 0.417. The third-order valence-corrected chi connectivity index (χ3v) is 3.02. The van der Waals surface area contributed by atoms with Crippen LogP contribution in [0.25, 0.3) is 0 Å². The molecule has 0 aliphatic carbocycles. The SMILES string of the molecule is Cc1ccc(F)cc1NC1(CC(=O)O)CNC1. The third kappa shape index (κ3) is 2.55. The molecule has 1 aliphatic heterocycles. The zero-order chi connectivity index (χ0) is 12.5. The molecule has 0 amide bonds. The number of hydrogen-bond acceptors (Lipinski definition) is 3. The fourth-order valence-corrected chi connectivity index (χ4v) is 1.99. The van der Waals surface area contributed by atoms with E-state index in [2.05, 4.69) is 10.6 Å². The summed E-state index contributed by atoms with van der Waals surface area (Å²) in [6.07, 6.45) is 0.0238. The number of hydrogen-bond donors (Lipinski definition) is 3. The van der Waals surface area contributed by atoms with E-state index in [1.165, 1.54) is 12.1 Å². The van der Waals surface area contributed by atoms with Crippen LogP contribution in [0.3, 0.4) is 0 Å². The molecule has 17 heavy (non-hydrogen) atoms. The Labute approximate surface area is 98.8 Å². The van der Waals surface area contributed by atoms with Crippen molar-refractivity contribution in [3.05, 3.63) is 29.6 Å². The minimum absolute atomic E-state index is 0.0238. The van der Waals surface area contributed by atoms with Gasteiger partial charge in [0.25, 0.3) is 0 Å². The zero-order valence-corrected chi connectivity index (χ0v) is 9.59. The van der Waals surface area contributed by atoms with E-state index in [-0.39, 0.29) is 12.2 Å². The van der Waals surface area contributed by atoms with Crippen LogP contribution in [0.15, 0.2) is 18.2 Å². The topological polar surface area (TPSA) is 61.4 Å². The second kappa shape index (κ2) is 4.33. The fourth-order valence-electron chi connectivity index (χ4n) is 1.99. The first-order chi connectivity index (χ1) is 8.01. The second-order valence-corrected chi connectivity index (χ2v) is 4.54. The molecule has 0 saturated carbocycles. The number of anilines is 1. The Bertz CT molecular complexity index is 444. The molecule has 0 spiro atoms. The summed E-state index contributed by atoms with van der Waals surface area (Å²) in [6, 6.07) is 4.47. The first-order valence-corrected chi connectivity index (χ1v) is 5.48. The van der Waals surface area contributed by atoms with Gasteiger partial charge < -0.3 is 15.7 Å². The molecule has 1 heterocycles. The Morgan fingerprint density at radius 3 is 2.82 bits per heavy atom. The molecule has 3 N–H and O–H groups in total. The van der Waals surface area contributed by atoms with Crippen LogP contribution in [-0.2, 0) is 4.79 Å². The van der Waals surface area contributed by atoms with Gasteiger partial charge in [-0.15, -0.1) is 0 Å². The van der Waals surface area contributed by atoms with E-state index >= 15 is 0 Å². The van der Waals surface area contributed by atoms with E-state index in [0.29, 0.717) is 18.8 Å². The number of nitrogens with one attached hydrogen (secondary N) is 2. The molecule has 0 atom stereocenters. The largest absolute Gasteiger partial charge is 0.481 e. The Morgan fingerprint density at radius 2 is 2.29 bits per heavy atom. The van der Waals surface area contributed by atoms with Gasteiger partial charge in [0.15, 0.2) is 0 Å². The molecule has 1 aliphatic rings. The van der Waals surface area contributed by atoms with E-state index in [1.807, 2.05) is 6.92 Å². The molecular formula is C12H15FN2O2. The van der Waals surface area contributed by atoms with Crippen molar-refractivity contribution in [3.8, 4) is 0 Å². The van der Waals surface area contributed by atoms with E-state index in [4.69, 9.17) is 5.11 Å². The van der Waals surface area contributed by atoms with Gasteiger partial charge in [-0.2, -0.15) is 0 Å². The van der Waals surface area contributed by atoms with Crippen molar-refractivity contribution in [3.63, 3.8) is 0 Å². The van der Waals surface area contributed by atoms with Gasteiger partial charge in [0, 0.05) is 18.8 Å². The van der Waals surface area contributed by atoms with Crippen molar-refractivity contribution in [1.82, 2.24) is 5.32 Å². The van der Waals surface area contributed by atoms with E-state index in [0.717, 1.165) is 5.56 Å². The normalized spacial score (nSPS) is 17.3. The van der Waals surface area contributed by atoms with Crippen LogP contribution in [0.5, 0.6) is 0 Å². The average molecular weight is 238 g/mol. The summed E-state index contributed by atoms with van der Waals surface area (Å²) < 4.78 is 13.1. The van der Waals surface area contributed by atoms with Crippen molar-refractivity contribution < 1.29 is 14.3 Å². The van der Waals surface area contributed by atoms with E-state index in [9.17, 15) is 9.18 Å². The van der Waals surface area contributed by atoms with Crippen molar-refractivity contribution in [2.75, 3.05) is 18.4 Å². The second-order valence-electron chi connectivity index (χ2n) is 4.54. The van der Waals surface area contributed by atoms with Crippen molar-refractivity contribution in [1.29, 1.82) is 0 Å². The first kappa shape index (κ1) is 11.9. The molecule has 0 radical (unpaired) electrons. The van der Waals surface area contributed by atoms with Crippen molar-refractivity contribution in [2.24, 2.45) is 0 Å². The lowest BCUT2D eigenvalue weighted by Crippen LogP contribution is -2.65. The molecule has 5 heteroatoms. The lowest BCUT2D eigenvalue weighted by molar-refractivity contribution is -0.138. The monoisotopic (exact) mass is 238 g/mol. The number of carbonyl (C=O) groups is 1. The number of halogens is 1. The molecule has 1 aromatic carbocycles. The minimum atomic E-state index is -0.854. The van der Waals surface area contributed by atoms with E-state index in [1.54, 1.807) is 6.07 Å². The van der Waals surface area contributed by atoms with Crippen LogP contribution in [0.1, 0.15) is 12.0 Å². The number of carboxylic acid groups (broad SMARTS) is 1. The highest BCUT2D eigenvalue weighted by Gasteiger charge is 2.39. The number of rotatable bonds is 4. The first-order valence-electron chi connectivity index (χ1n) is 5.48. The van der Waals surface area contributed by atoms with Crippen LogP contribution in [0.2, 0.25) is 0 Å². The van der Waals surface area contributed by atoms with Crippen LogP contribution in [0, 0.1) is 12.7 Å². The Hall–Kier alpha value is -1.62. The molecule has 4 nitrogen and oxygen atoms in total. The van der Waals surface area contributed by atoms with Crippen LogP contribution >= 0.6 is 0 Å². The molecular weight excluding hydrogens is 223 g/mol. The Morgan fingerprint density at radius 1 is 1.59 bits per heavy atom. The molecule has 1 saturated heterocycles. The third-order valence-electron chi connectivity index (χ3n) is 3.02. The summed E-state index contributed by atoms with van der Waals surface area (Å²) in [4.78, 5) is 10.8. The van der Waals surface area contributed by atoms with Crippen LogP contribution < -0.4 is 10.6 Å². The lowest BCUT2D eigenvalue weighted by Gasteiger charge is -2.43. The zero-order valence-electron chi connectivity index (χ0n) is 9.59. The maximum atomic E-state index is 13.1. The number of aliphatic carboxylic acids is 1. The number of benzene rings is 1. The maximum absolute atomic E-state index is 13.1. The summed E-state index contributed by atoms with van der Waals surface area (Å²) in [5.74, 6) is -1.18. The molecule has 0 aromatic heterocycles. The van der Waals surface area contributed by atoms with Crippen molar-refractivity contribution in [2.45, 2.75) is 18.9 Å². The number of carboxylic acids is 1. The minimum Gasteiger partial charge on any atom is -0.481 e. The molecule has 0 unspecified atom stereocenters. The average Bonchev–Trinajstić information content (AvgIpc) is 2.19. The highest BCUT2D eigenvalue weighted by molar-refractivity contribution is 5.70. The molecule has 1 aromatic rings. The highest BCUT2D eigenvalue weighted by Crippen LogP contribution is 2.25. The quantitative estimate of drug-likeness (QED) is 0.741. The molecule has 2 rings (SSSR count). The van der Waals surface area contributed by atoms with Gasteiger partial charge >= 0.3 is 5.97 Å². The van der Waals surface area contributed by atoms with Gasteiger partial charge in [-0.05, 0) is 24.6 Å². The maximum Gasteiger partial charge on any atom is 0.305 e. The van der Waals surface area contributed by atoms with Crippen LogP contribution in [0.4, 0.5) is 10.1 Å². The Kier molecular flexibility index (Phi) is 3.02. The number of aryl methyl sites for hydroxylation is 1. The predicted octanol–water partition coefficient (Wildman–Crippen LogP) is 1.36.